The SMILES string of the molecule is O=C(O)C1CCC(C(=O)Nc2ccc(F)cc2F)CC1. The topological polar surface area (TPSA) is 66.4 Å². The van der Waals surface area contributed by atoms with Crippen molar-refractivity contribution in [2.45, 2.75) is 25.7 Å². The molecule has 1 aliphatic carbocycles. The van der Waals surface area contributed by atoms with Gasteiger partial charge in [0.05, 0.1) is 11.6 Å². The number of anilines is 1. The zero-order valence-electron chi connectivity index (χ0n) is 10.7. The van der Waals surface area contributed by atoms with Crippen LogP contribution in [0, 0.1) is 23.5 Å². The van der Waals surface area contributed by atoms with Gasteiger partial charge in [0, 0.05) is 12.0 Å². The lowest BCUT2D eigenvalue weighted by atomic mass is 9.81. The molecule has 20 heavy (non-hydrogen) atoms. The van der Waals surface area contributed by atoms with Crippen LogP contribution in [-0.4, -0.2) is 17.0 Å². The number of nitrogens with one attached hydrogen (secondary N) is 1. The summed E-state index contributed by atoms with van der Waals surface area (Å²) in [4.78, 5) is 22.8. The Morgan fingerprint density at radius 1 is 1.10 bits per heavy atom. The molecule has 1 aliphatic rings. The molecule has 0 bridgehead atoms. The Balaban J connectivity index is 1.94. The number of carbonyl (C=O) groups excluding carboxylic acids is 1. The normalized spacial score (nSPS) is 22.3. The number of carboxylic acids is 1. The second-order valence-corrected chi connectivity index (χ2v) is 5.00. The molecule has 1 aromatic carbocycles. The lowest BCUT2D eigenvalue weighted by molar-refractivity contribution is -0.143. The molecule has 0 radical (unpaired) electrons. The van der Waals surface area contributed by atoms with Crippen LogP contribution in [-0.2, 0) is 9.59 Å². The van der Waals surface area contributed by atoms with Gasteiger partial charge in [-0.25, -0.2) is 8.78 Å². The predicted octanol–water partition coefficient (Wildman–Crippen LogP) is 2.79. The average Bonchev–Trinajstić information content (AvgIpc) is 2.42. The van der Waals surface area contributed by atoms with Gasteiger partial charge in [-0.15, -0.1) is 0 Å². The molecule has 0 unspecified atom stereocenters. The fourth-order valence-electron chi connectivity index (χ4n) is 2.43. The summed E-state index contributed by atoms with van der Waals surface area (Å²) in [5.41, 5.74) is -0.0586. The van der Waals surface area contributed by atoms with Crippen molar-refractivity contribution in [1.82, 2.24) is 0 Å². The van der Waals surface area contributed by atoms with Crippen LogP contribution < -0.4 is 5.32 Å². The summed E-state index contributed by atoms with van der Waals surface area (Å²) in [7, 11) is 0. The third-order valence-electron chi connectivity index (χ3n) is 3.64. The summed E-state index contributed by atoms with van der Waals surface area (Å²) in [5, 5.41) is 11.3. The molecule has 1 saturated carbocycles. The van der Waals surface area contributed by atoms with Crippen molar-refractivity contribution >= 4 is 17.6 Å². The van der Waals surface area contributed by atoms with E-state index in [0.29, 0.717) is 31.7 Å². The number of halogens is 2. The van der Waals surface area contributed by atoms with E-state index in [1.54, 1.807) is 0 Å². The van der Waals surface area contributed by atoms with Crippen LogP contribution in [0.5, 0.6) is 0 Å². The summed E-state index contributed by atoms with van der Waals surface area (Å²) in [6, 6.07) is 2.95. The Bertz CT molecular complexity index is 525. The van der Waals surface area contributed by atoms with E-state index in [1.165, 1.54) is 6.07 Å². The van der Waals surface area contributed by atoms with Crippen molar-refractivity contribution in [3.8, 4) is 0 Å². The van der Waals surface area contributed by atoms with E-state index >= 15 is 0 Å². The minimum absolute atomic E-state index is 0.0586. The smallest absolute Gasteiger partial charge is 0.306 e. The molecule has 0 heterocycles. The number of hydrogen-bond acceptors (Lipinski definition) is 2. The Morgan fingerprint density at radius 2 is 1.70 bits per heavy atom. The van der Waals surface area contributed by atoms with E-state index in [-0.39, 0.29) is 17.5 Å². The molecule has 6 heteroatoms. The number of carboxylic acid groups (broad SMARTS) is 1. The highest BCUT2D eigenvalue weighted by atomic mass is 19.1. The fourth-order valence-corrected chi connectivity index (χ4v) is 2.43. The molecule has 2 N–H and O–H groups in total. The molecule has 0 spiro atoms. The Kier molecular flexibility index (Phi) is 4.32. The van der Waals surface area contributed by atoms with Crippen LogP contribution in [0.25, 0.3) is 0 Å². The first kappa shape index (κ1) is 14.4. The van der Waals surface area contributed by atoms with Crippen molar-refractivity contribution < 1.29 is 23.5 Å². The molecule has 2 rings (SSSR count). The molecule has 1 fully saturated rings. The van der Waals surface area contributed by atoms with Crippen LogP contribution >= 0.6 is 0 Å². The first-order chi connectivity index (χ1) is 9.47. The highest BCUT2D eigenvalue weighted by Gasteiger charge is 2.29. The maximum atomic E-state index is 13.4. The van der Waals surface area contributed by atoms with E-state index in [2.05, 4.69) is 5.32 Å². The van der Waals surface area contributed by atoms with Gasteiger partial charge in [-0.1, -0.05) is 0 Å². The van der Waals surface area contributed by atoms with Crippen LogP contribution in [0.4, 0.5) is 14.5 Å². The van der Waals surface area contributed by atoms with E-state index in [9.17, 15) is 18.4 Å². The third-order valence-corrected chi connectivity index (χ3v) is 3.64. The van der Waals surface area contributed by atoms with Gasteiger partial charge in [-0.2, -0.15) is 0 Å². The van der Waals surface area contributed by atoms with E-state index in [1.807, 2.05) is 0 Å². The van der Waals surface area contributed by atoms with E-state index in [0.717, 1.165) is 6.07 Å². The molecule has 108 valence electrons. The molecule has 1 aromatic rings. The second-order valence-electron chi connectivity index (χ2n) is 5.00. The quantitative estimate of drug-likeness (QED) is 0.896. The predicted molar refractivity (Wildman–Crippen MR) is 68.1 cm³/mol. The molecule has 4 nitrogen and oxygen atoms in total. The number of benzene rings is 1. The maximum absolute atomic E-state index is 13.4. The van der Waals surface area contributed by atoms with Crippen molar-refractivity contribution in [3.63, 3.8) is 0 Å². The van der Waals surface area contributed by atoms with Crippen LogP contribution in [0.3, 0.4) is 0 Å². The summed E-state index contributed by atoms with van der Waals surface area (Å²) < 4.78 is 26.2. The van der Waals surface area contributed by atoms with Gasteiger partial charge in [0.2, 0.25) is 5.91 Å². The van der Waals surface area contributed by atoms with Crippen molar-refractivity contribution in [2.75, 3.05) is 5.32 Å². The van der Waals surface area contributed by atoms with Crippen molar-refractivity contribution in [2.24, 2.45) is 11.8 Å². The first-order valence-corrected chi connectivity index (χ1v) is 6.46. The number of hydrogen-bond donors (Lipinski definition) is 2. The van der Waals surface area contributed by atoms with Crippen molar-refractivity contribution in [3.05, 3.63) is 29.8 Å². The number of carbonyl (C=O) groups is 2. The first-order valence-electron chi connectivity index (χ1n) is 6.46. The zero-order chi connectivity index (χ0) is 14.7. The highest BCUT2D eigenvalue weighted by Crippen LogP contribution is 2.30. The Hall–Kier alpha value is -1.98. The fraction of sp³-hybridized carbons (Fsp3) is 0.429. The van der Waals surface area contributed by atoms with Gasteiger partial charge in [0.25, 0.3) is 0 Å². The minimum atomic E-state index is -0.839. The summed E-state index contributed by atoms with van der Waals surface area (Å²) >= 11 is 0. The van der Waals surface area contributed by atoms with Crippen LogP contribution in [0.2, 0.25) is 0 Å². The van der Waals surface area contributed by atoms with Gasteiger partial charge in [-0.3, -0.25) is 9.59 Å². The lowest BCUT2D eigenvalue weighted by Gasteiger charge is -2.25. The summed E-state index contributed by atoms with van der Waals surface area (Å²) in [6.07, 6.45) is 1.82. The van der Waals surface area contributed by atoms with Gasteiger partial charge in [0.1, 0.15) is 11.6 Å². The molecule has 0 aromatic heterocycles. The van der Waals surface area contributed by atoms with Gasteiger partial charge in [0.15, 0.2) is 0 Å². The van der Waals surface area contributed by atoms with Crippen LogP contribution in [0.15, 0.2) is 18.2 Å². The van der Waals surface area contributed by atoms with Gasteiger partial charge >= 0.3 is 5.97 Å². The molecular formula is C14H15F2NO3. The zero-order valence-corrected chi connectivity index (χ0v) is 10.7. The number of aliphatic carboxylic acids is 1. The minimum Gasteiger partial charge on any atom is -0.481 e. The summed E-state index contributed by atoms with van der Waals surface area (Å²) in [5.74, 6) is -3.44. The molecule has 0 atom stereocenters. The molecule has 1 amide bonds. The molecule has 0 saturated heterocycles. The third kappa shape index (κ3) is 3.31. The summed E-state index contributed by atoms with van der Waals surface area (Å²) in [6.45, 7) is 0. The lowest BCUT2D eigenvalue weighted by Crippen LogP contribution is -2.29. The monoisotopic (exact) mass is 283 g/mol. The van der Waals surface area contributed by atoms with Crippen molar-refractivity contribution in [1.29, 1.82) is 0 Å². The Labute approximate surface area is 114 Å². The molecule has 0 aliphatic heterocycles. The van der Waals surface area contributed by atoms with Crippen LogP contribution in [0.1, 0.15) is 25.7 Å². The number of rotatable bonds is 3. The largest absolute Gasteiger partial charge is 0.481 e. The second kappa shape index (κ2) is 5.98. The van der Waals surface area contributed by atoms with Gasteiger partial charge < -0.3 is 10.4 Å². The van der Waals surface area contributed by atoms with E-state index in [4.69, 9.17) is 5.11 Å². The Morgan fingerprint density at radius 3 is 2.25 bits per heavy atom. The highest BCUT2D eigenvalue weighted by molar-refractivity contribution is 5.92. The van der Waals surface area contributed by atoms with E-state index < -0.39 is 23.5 Å². The standard InChI is InChI=1S/C14H15F2NO3/c15-10-5-6-12(11(16)7-10)17-13(18)8-1-3-9(4-2-8)14(19)20/h5-9H,1-4H2,(H,17,18)(H,19,20). The molecular weight excluding hydrogens is 268 g/mol. The average molecular weight is 283 g/mol. The van der Waals surface area contributed by atoms with Gasteiger partial charge in [-0.05, 0) is 37.8 Å². The number of amides is 1. The maximum Gasteiger partial charge on any atom is 0.306 e.